The molecule has 2 bridgehead atoms. The van der Waals surface area contributed by atoms with Crippen LogP contribution in [-0.2, 0) is 22.5 Å². The van der Waals surface area contributed by atoms with Gasteiger partial charge in [-0.05, 0) is 51.5 Å². The Morgan fingerprint density at radius 1 is 1.26 bits per heavy atom. The lowest BCUT2D eigenvalue weighted by Crippen LogP contribution is -2.61. The number of rotatable bonds is 8. The molecule has 9 nitrogen and oxygen atoms in total. The summed E-state index contributed by atoms with van der Waals surface area (Å²) in [5, 5.41) is 6.53. The number of amides is 1. The topological polar surface area (TPSA) is 107 Å². The van der Waals surface area contributed by atoms with Crippen LogP contribution >= 0.6 is 0 Å². The van der Waals surface area contributed by atoms with E-state index in [1.807, 2.05) is 6.92 Å². The van der Waals surface area contributed by atoms with Crippen LogP contribution < -0.4 is 20.1 Å². The number of nitrogens with zero attached hydrogens (tertiary/aromatic N) is 3. The fourth-order valence-corrected chi connectivity index (χ4v) is 6.10. The first-order chi connectivity index (χ1) is 18.8. The molecular weight excluding hydrogens is 501 g/mol. The van der Waals surface area contributed by atoms with Crippen LogP contribution in [0.5, 0.6) is 11.6 Å². The molecule has 0 aromatic carbocycles. The van der Waals surface area contributed by atoms with Crippen LogP contribution in [-0.4, -0.2) is 52.3 Å². The van der Waals surface area contributed by atoms with Crippen molar-refractivity contribution >= 4 is 28.8 Å². The summed E-state index contributed by atoms with van der Waals surface area (Å²) in [6.07, 6.45) is 7.95. The largest absolute Gasteiger partial charge is 0.481 e. The van der Waals surface area contributed by atoms with Crippen molar-refractivity contribution < 1.29 is 23.4 Å². The molecule has 4 aliphatic rings. The molecule has 3 aromatic heterocycles. The molecule has 0 unspecified atom stereocenters. The number of hydrogen-bond acceptors (Lipinski definition) is 8. The molecule has 10 heteroatoms. The van der Waals surface area contributed by atoms with Gasteiger partial charge in [-0.15, -0.1) is 0 Å². The van der Waals surface area contributed by atoms with Crippen LogP contribution in [0.1, 0.15) is 54.5 Å². The van der Waals surface area contributed by atoms with Gasteiger partial charge in [0.25, 0.3) is 5.91 Å². The number of fused-ring (bicyclic) bond motifs is 5. The summed E-state index contributed by atoms with van der Waals surface area (Å²) in [6, 6.07) is 3.54. The minimum atomic E-state index is -0.352. The zero-order valence-corrected chi connectivity index (χ0v) is 22.2. The normalized spacial score (nSPS) is 23.7. The molecule has 1 amide bonds. The van der Waals surface area contributed by atoms with Crippen LogP contribution in [0.4, 0.5) is 10.2 Å². The fourth-order valence-electron chi connectivity index (χ4n) is 6.10. The molecule has 2 saturated heterocycles. The van der Waals surface area contributed by atoms with E-state index in [1.165, 1.54) is 6.20 Å². The predicted octanol–water partition coefficient (Wildman–Crippen LogP) is 4.26. The number of pyridine rings is 3. The number of methoxy groups -OCH3 is 1. The number of carbonyl (C=O) groups is 1. The quantitative estimate of drug-likeness (QED) is 0.442. The van der Waals surface area contributed by atoms with Gasteiger partial charge < -0.3 is 24.8 Å². The first-order valence-electron chi connectivity index (χ1n) is 13.3. The molecule has 1 saturated carbocycles. The van der Waals surface area contributed by atoms with Gasteiger partial charge in [0.1, 0.15) is 5.82 Å². The minimum Gasteiger partial charge on any atom is -0.481 e. The molecule has 39 heavy (non-hydrogen) atoms. The number of hydrogen-bond donors (Lipinski definition) is 2. The third-order valence-electron chi connectivity index (χ3n) is 8.51. The summed E-state index contributed by atoms with van der Waals surface area (Å²) >= 11 is 0. The van der Waals surface area contributed by atoms with E-state index in [0.29, 0.717) is 60.0 Å². The Bertz CT molecular complexity index is 1450. The second kappa shape index (κ2) is 9.84. The maximum absolute atomic E-state index is 14.8. The van der Waals surface area contributed by atoms with E-state index < -0.39 is 0 Å². The minimum absolute atomic E-state index is 0.0133. The van der Waals surface area contributed by atoms with Crippen molar-refractivity contribution in [3.8, 4) is 11.6 Å². The number of carbonyl (C=O) groups excluding carboxylic acids is 1. The molecule has 0 atom stereocenters. The Hall–Kier alpha value is -3.63. The van der Waals surface area contributed by atoms with Gasteiger partial charge >= 0.3 is 0 Å². The smallest absolute Gasteiger partial charge is 0.263 e. The highest BCUT2D eigenvalue weighted by Crippen LogP contribution is 2.46. The lowest BCUT2D eigenvalue weighted by Gasteiger charge is -2.53. The number of anilines is 1. The molecule has 3 aromatic rings. The van der Waals surface area contributed by atoms with E-state index in [9.17, 15) is 9.18 Å². The summed E-state index contributed by atoms with van der Waals surface area (Å²) < 4.78 is 32.2. The van der Waals surface area contributed by atoms with Crippen molar-refractivity contribution in [2.45, 2.75) is 63.1 Å². The SMILES string of the molecule is C=Cc1c(CNC23CCC(CCc4c(F)cnc5ccc(OC)nc45)(CC2)OC3)nc2c(c1C)OCC(=O)N2. The highest BCUT2D eigenvalue weighted by atomic mass is 19.1. The summed E-state index contributed by atoms with van der Waals surface area (Å²) in [7, 11) is 1.55. The first kappa shape index (κ1) is 25.6. The summed E-state index contributed by atoms with van der Waals surface area (Å²) in [4.78, 5) is 25.2. The Balaban J connectivity index is 1.14. The fraction of sp³-hybridized carbons (Fsp3) is 0.448. The second-order valence-electron chi connectivity index (χ2n) is 10.7. The van der Waals surface area contributed by atoms with E-state index in [0.717, 1.165) is 42.5 Å². The average molecular weight is 534 g/mol. The molecule has 6 heterocycles. The Morgan fingerprint density at radius 2 is 2.08 bits per heavy atom. The summed E-state index contributed by atoms with van der Waals surface area (Å²) in [5.41, 5.74) is 3.94. The highest BCUT2D eigenvalue weighted by molar-refractivity contribution is 5.95. The second-order valence-corrected chi connectivity index (χ2v) is 10.7. The van der Waals surface area contributed by atoms with Crippen molar-refractivity contribution in [3.05, 3.63) is 53.1 Å². The molecule has 3 fully saturated rings. The monoisotopic (exact) mass is 533 g/mol. The van der Waals surface area contributed by atoms with Gasteiger partial charge in [0.15, 0.2) is 18.2 Å². The van der Waals surface area contributed by atoms with Crippen molar-refractivity contribution in [1.29, 1.82) is 0 Å². The Kier molecular flexibility index (Phi) is 6.47. The molecular formula is C29H32FN5O4. The molecule has 2 N–H and O–H groups in total. The molecule has 7 rings (SSSR count). The highest BCUT2D eigenvalue weighted by Gasteiger charge is 2.49. The number of ether oxygens (including phenoxy) is 3. The molecule has 0 spiro atoms. The zero-order valence-electron chi connectivity index (χ0n) is 22.2. The van der Waals surface area contributed by atoms with E-state index in [1.54, 1.807) is 25.3 Å². The Morgan fingerprint density at radius 3 is 2.79 bits per heavy atom. The number of nitrogens with one attached hydrogen (secondary N) is 2. The number of halogens is 1. The van der Waals surface area contributed by atoms with Crippen molar-refractivity contribution in [2.75, 3.05) is 25.6 Å². The van der Waals surface area contributed by atoms with Crippen LogP contribution in [0.3, 0.4) is 0 Å². The lowest BCUT2D eigenvalue weighted by atomic mass is 9.69. The van der Waals surface area contributed by atoms with E-state index >= 15 is 0 Å². The van der Waals surface area contributed by atoms with Crippen molar-refractivity contribution in [1.82, 2.24) is 20.3 Å². The molecule has 1 aliphatic carbocycles. The molecule has 0 radical (unpaired) electrons. The van der Waals surface area contributed by atoms with Crippen LogP contribution in [0.25, 0.3) is 17.1 Å². The van der Waals surface area contributed by atoms with E-state index in [2.05, 4.69) is 27.2 Å². The maximum atomic E-state index is 14.8. The van der Waals surface area contributed by atoms with Crippen LogP contribution in [0.2, 0.25) is 0 Å². The van der Waals surface area contributed by atoms with Gasteiger partial charge in [-0.1, -0.05) is 12.7 Å². The summed E-state index contributed by atoms with van der Waals surface area (Å²) in [5.74, 6) is 0.929. The first-order valence-corrected chi connectivity index (χ1v) is 13.3. The Labute approximate surface area is 226 Å². The van der Waals surface area contributed by atoms with Crippen LogP contribution in [0.15, 0.2) is 24.9 Å². The van der Waals surface area contributed by atoms with Gasteiger partial charge in [0, 0.05) is 34.8 Å². The predicted molar refractivity (Wildman–Crippen MR) is 144 cm³/mol. The van der Waals surface area contributed by atoms with Gasteiger partial charge in [-0.25, -0.2) is 14.4 Å². The average Bonchev–Trinajstić information content (AvgIpc) is 2.96. The third kappa shape index (κ3) is 4.61. The molecule has 3 aliphatic heterocycles. The third-order valence-corrected chi connectivity index (χ3v) is 8.51. The van der Waals surface area contributed by atoms with Crippen molar-refractivity contribution in [3.63, 3.8) is 0 Å². The number of aryl methyl sites for hydroxylation is 1. The van der Waals surface area contributed by atoms with E-state index in [4.69, 9.17) is 19.2 Å². The van der Waals surface area contributed by atoms with Gasteiger partial charge in [-0.3, -0.25) is 9.78 Å². The van der Waals surface area contributed by atoms with E-state index in [-0.39, 0.29) is 29.5 Å². The van der Waals surface area contributed by atoms with Gasteiger partial charge in [0.05, 0.1) is 42.2 Å². The van der Waals surface area contributed by atoms with Gasteiger partial charge in [0.2, 0.25) is 5.88 Å². The zero-order chi connectivity index (χ0) is 27.2. The maximum Gasteiger partial charge on any atom is 0.263 e. The lowest BCUT2D eigenvalue weighted by molar-refractivity contribution is -0.165. The van der Waals surface area contributed by atoms with Crippen molar-refractivity contribution in [2.24, 2.45) is 0 Å². The summed E-state index contributed by atoms with van der Waals surface area (Å²) in [6.45, 7) is 7.00. The van der Waals surface area contributed by atoms with Crippen LogP contribution in [0, 0.1) is 12.7 Å². The van der Waals surface area contributed by atoms with Gasteiger partial charge in [-0.2, -0.15) is 0 Å². The molecule has 204 valence electrons. The number of aromatic nitrogens is 3. The standard InChI is InChI=1S/C29H32FN5O4/c1-4-18-17(2)26-27(34-23(36)15-38-26)33-22(18)14-32-28-9-11-29(12-10-28,39-16-28)8-7-19-20(30)13-31-21-5-6-24(37-3)35-25(19)21/h4-6,13,32H,1,7-12,14-16H2,2-3H3,(H,33,34,36).